The zero-order chi connectivity index (χ0) is 15.0. The number of hydrogen-bond acceptors (Lipinski definition) is 3. The van der Waals surface area contributed by atoms with E-state index >= 15 is 0 Å². The van der Waals surface area contributed by atoms with Gasteiger partial charge in [0.25, 0.3) is 0 Å². The summed E-state index contributed by atoms with van der Waals surface area (Å²) >= 11 is 0. The van der Waals surface area contributed by atoms with Gasteiger partial charge in [0, 0.05) is 34.3 Å². The van der Waals surface area contributed by atoms with Crippen LogP contribution in [0.4, 0.5) is 4.39 Å². The Morgan fingerprint density at radius 3 is 2.67 bits per heavy atom. The Bertz CT molecular complexity index is 859. The first-order valence-electron chi connectivity index (χ1n) is 6.43. The van der Waals surface area contributed by atoms with E-state index in [0.29, 0.717) is 33.9 Å². The number of pyridine rings is 1. The van der Waals surface area contributed by atoms with Crippen molar-refractivity contribution in [2.45, 2.75) is 6.92 Å². The van der Waals surface area contributed by atoms with Gasteiger partial charge in [0.1, 0.15) is 11.6 Å². The highest BCUT2D eigenvalue weighted by Gasteiger charge is 2.13. The number of carbonyl (C=O) groups is 1. The van der Waals surface area contributed by atoms with E-state index in [0.717, 1.165) is 5.56 Å². The van der Waals surface area contributed by atoms with Gasteiger partial charge in [-0.05, 0) is 30.7 Å². The first kappa shape index (κ1) is 13.2. The van der Waals surface area contributed by atoms with Crippen LogP contribution in [0.2, 0.25) is 0 Å². The second-order valence-corrected chi connectivity index (χ2v) is 4.89. The van der Waals surface area contributed by atoms with E-state index in [-0.39, 0.29) is 5.75 Å². The molecule has 0 aliphatic carbocycles. The largest absolute Gasteiger partial charge is 0.508 e. The van der Waals surface area contributed by atoms with Crippen LogP contribution in [0.3, 0.4) is 0 Å². The van der Waals surface area contributed by atoms with Crippen LogP contribution in [-0.4, -0.2) is 16.4 Å². The number of halogens is 1. The number of aryl methyl sites for hydroxylation is 1. The number of aldehydes is 1. The first-order valence-corrected chi connectivity index (χ1v) is 6.43. The Hall–Kier alpha value is -2.75. The molecule has 0 atom stereocenters. The van der Waals surface area contributed by atoms with Crippen molar-refractivity contribution in [2.24, 2.45) is 0 Å². The minimum Gasteiger partial charge on any atom is -0.508 e. The Morgan fingerprint density at radius 1 is 1.14 bits per heavy atom. The molecule has 0 aliphatic heterocycles. The number of aromatic hydroxyl groups is 1. The quantitative estimate of drug-likeness (QED) is 0.725. The standard InChI is InChI=1S/C17H12FNO2/c1-10-2-4-12(16(18)6-10)14-8-19-17-7-11(21)3-5-13(17)15(14)9-20/h2-9,21H,1H3. The van der Waals surface area contributed by atoms with Crippen molar-refractivity contribution in [1.29, 1.82) is 0 Å². The lowest BCUT2D eigenvalue weighted by molar-refractivity contribution is 0.112. The summed E-state index contributed by atoms with van der Waals surface area (Å²) in [6.45, 7) is 1.80. The summed E-state index contributed by atoms with van der Waals surface area (Å²) in [5, 5.41) is 10.1. The summed E-state index contributed by atoms with van der Waals surface area (Å²) in [4.78, 5) is 15.7. The molecular weight excluding hydrogens is 269 g/mol. The number of benzene rings is 2. The Morgan fingerprint density at radius 2 is 1.95 bits per heavy atom. The Labute approximate surface area is 120 Å². The maximum atomic E-state index is 14.1. The van der Waals surface area contributed by atoms with Crippen molar-refractivity contribution < 1.29 is 14.3 Å². The molecule has 3 nitrogen and oxygen atoms in total. The van der Waals surface area contributed by atoms with Gasteiger partial charge in [-0.15, -0.1) is 0 Å². The maximum Gasteiger partial charge on any atom is 0.151 e. The molecule has 1 aromatic heterocycles. The summed E-state index contributed by atoms with van der Waals surface area (Å²) in [6, 6.07) is 9.40. The predicted molar refractivity (Wildman–Crippen MR) is 78.9 cm³/mol. The van der Waals surface area contributed by atoms with E-state index in [4.69, 9.17) is 0 Å². The number of carbonyl (C=O) groups excluding carboxylic acids is 1. The minimum absolute atomic E-state index is 0.0705. The van der Waals surface area contributed by atoms with E-state index in [9.17, 15) is 14.3 Å². The molecule has 2 aromatic carbocycles. The Kier molecular flexibility index (Phi) is 3.14. The third-order valence-electron chi connectivity index (χ3n) is 3.43. The molecule has 3 aromatic rings. The molecule has 0 unspecified atom stereocenters. The average molecular weight is 281 g/mol. The summed E-state index contributed by atoms with van der Waals surface area (Å²) in [7, 11) is 0. The van der Waals surface area contributed by atoms with Gasteiger partial charge in [0.05, 0.1) is 5.52 Å². The molecule has 1 N–H and O–H groups in total. The van der Waals surface area contributed by atoms with Crippen LogP contribution in [-0.2, 0) is 0 Å². The number of fused-ring (bicyclic) bond motifs is 1. The van der Waals surface area contributed by atoms with Crippen molar-refractivity contribution in [2.75, 3.05) is 0 Å². The van der Waals surface area contributed by atoms with Gasteiger partial charge in [0.15, 0.2) is 6.29 Å². The van der Waals surface area contributed by atoms with Gasteiger partial charge >= 0.3 is 0 Å². The minimum atomic E-state index is -0.391. The average Bonchev–Trinajstić information content (AvgIpc) is 2.46. The highest BCUT2D eigenvalue weighted by molar-refractivity contribution is 6.03. The van der Waals surface area contributed by atoms with Gasteiger partial charge in [-0.25, -0.2) is 4.39 Å². The second-order valence-electron chi connectivity index (χ2n) is 4.89. The maximum absolute atomic E-state index is 14.1. The van der Waals surface area contributed by atoms with Gasteiger partial charge in [-0.3, -0.25) is 9.78 Å². The van der Waals surface area contributed by atoms with E-state index in [1.165, 1.54) is 24.4 Å². The number of nitrogens with zero attached hydrogens (tertiary/aromatic N) is 1. The van der Waals surface area contributed by atoms with Crippen LogP contribution in [0.5, 0.6) is 5.75 Å². The van der Waals surface area contributed by atoms with Crippen LogP contribution >= 0.6 is 0 Å². The summed E-state index contributed by atoms with van der Waals surface area (Å²) < 4.78 is 14.1. The van der Waals surface area contributed by atoms with Crippen LogP contribution < -0.4 is 0 Å². The Balaban J connectivity index is 2.32. The van der Waals surface area contributed by atoms with Crippen LogP contribution in [0, 0.1) is 12.7 Å². The molecule has 0 bridgehead atoms. The first-order chi connectivity index (χ1) is 10.1. The molecule has 0 radical (unpaired) electrons. The lowest BCUT2D eigenvalue weighted by atomic mass is 9.97. The highest BCUT2D eigenvalue weighted by atomic mass is 19.1. The molecule has 0 aliphatic rings. The van der Waals surface area contributed by atoms with E-state index in [1.54, 1.807) is 25.1 Å². The SMILES string of the molecule is Cc1ccc(-c2cnc3cc(O)ccc3c2C=O)c(F)c1. The monoisotopic (exact) mass is 281 g/mol. The van der Waals surface area contributed by atoms with Crippen molar-refractivity contribution in [3.8, 4) is 16.9 Å². The predicted octanol–water partition coefficient (Wildman–Crippen LogP) is 3.87. The van der Waals surface area contributed by atoms with E-state index < -0.39 is 5.82 Å². The molecule has 4 heteroatoms. The van der Waals surface area contributed by atoms with Gasteiger partial charge in [0.2, 0.25) is 0 Å². The summed E-state index contributed by atoms with van der Waals surface area (Å²) in [6.07, 6.45) is 2.15. The number of phenols is 1. The fraction of sp³-hybridized carbons (Fsp3) is 0.0588. The smallest absolute Gasteiger partial charge is 0.151 e. The van der Waals surface area contributed by atoms with Crippen LogP contribution in [0.25, 0.3) is 22.0 Å². The molecular formula is C17H12FNO2. The number of aromatic nitrogens is 1. The molecule has 0 spiro atoms. The zero-order valence-corrected chi connectivity index (χ0v) is 11.3. The van der Waals surface area contributed by atoms with Gasteiger partial charge in [-0.2, -0.15) is 0 Å². The van der Waals surface area contributed by atoms with E-state index in [1.807, 2.05) is 0 Å². The number of hydrogen-bond donors (Lipinski definition) is 1. The van der Waals surface area contributed by atoms with E-state index in [2.05, 4.69) is 4.98 Å². The van der Waals surface area contributed by atoms with Crippen molar-refractivity contribution in [3.05, 3.63) is 59.5 Å². The van der Waals surface area contributed by atoms with Crippen LogP contribution in [0.1, 0.15) is 15.9 Å². The lowest BCUT2D eigenvalue weighted by Crippen LogP contribution is -1.95. The molecule has 0 fully saturated rings. The molecule has 0 saturated carbocycles. The molecule has 0 amide bonds. The zero-order valence-electron chi connectivity index (χ0n) is 11.3. The molecule has 0 saturated heterocycles. The normalized spacial score (nSPS) is 10.8. The third kappa shape index (κ3) is 2.25. The molecule has 1 heterocycles. The van der Waals surface area contributed by atoms with Gasteiger partial charge in [-0.1, -0.05) is 12.1 Å². The third-order valence-corrected chi connectivity index (χ3v) is 3.43. The molecule has 3 rings (SSSR count). The van der Waals surface area contributed by atoms with Crippen molar-refractivity contribution in [1.82, 2.24) is 4.98 Å². The van der Waals surface area contributed by atoms with Gasteiger partial charge < -0.3 is 5.11 Å². The van der Waals surface area contributed by atoms with Crippen molar-refractivity contribution in [3.63, 3.8) is 0 Å². The molecule has 104 valence electrons. The summed E-state index contributed by atoms with van der Waals surface area (Å²) in [5.41, 5.74) is 2.45. The lowest BCUT2D eigenvalue weighted by Gasteiger charge is -2.10. The number of rotatable bonds is 2. The van der Waals surface area contributed by atoms with Crippen LogP contribution in [0.15, 0.2) is 42.6 Å². The fourth-order valence-electron chi connectivity index (χ4n) is 2.38. The topological polar surface area (TPSA) is 50.2 Å². The fourth-order valence-corrected chi connectivity index (χ4v) is 2.38. The summed E-state index contributed by atoms with van der Waals surface area (Å²) in [5.74, 6) is -0.320. The highest BCUT2D eigenvalue weighted by Crippen LogP contribution is 2.31. The number of phenolic OH excluding ortho intramolecular Hbond substituents is 1. The second kappa shape index (κ2) is 4.98. The van der Waals surface area contributed by atoms with Crippen molar-refractivity contribution >= 4 is 17.2 Å². The molecule has 21 heavy (non-hydrogen) atoms.